The van der Waals surface area contributed by atoms with Crippen LogP contribution >= 0.6 is 0 Å². The summed E-state index contributed by atoms with van der Waals surface area (Å²) in [5.74, 6) is -3.30. The number of rotatable bonds is 5. The lowest BCUT2D eigenvalue weighted by atomic mass is 9.76. The first kappa shape index (κ1) is 20.5. The molecule has 6 heteroatoms. The zero-order chi connectivity index (χ0) is 20.9. The van der Waals surface area contributed by atoms with Crippen molar-refractivity contribution in [3.05, 3.63) is 35.4 Å². The second-order valence-electron chi connectivity index (χ2n) is 9.10. The molecule has 4 unspecified atom stereocenters. The van der Waals surface area contributed by atoms with Crippen molar-refractivity contribution in [2.75, 3.05) is 0 Å². The van der Waals surface area contributed by atoms with Gasteiger partial charge in [0.25, 0.3) is 0 Å². The summed E-state index contributed by atoms with van der Waals surface area (Å²) in [6.07, 6.45) is 1.80. The van der Waals surface area contributed by atoms with E-state index in [0.717, 1.165) is 17.5 Å². The number of unbranched alkanes of at least 4 members (excludes halogenated alkanes) is 1. The molecule has 2 N–H and O–H groups in total. The molecule has 2 fully saturated rings. The minimum Gasteiger partial charge on any atom is -0.480 e. The monoisotopic (exact) mass is 386 g/mol. The van der Waals surface area contributed by atoms with E-state index in [9.17, 15) is 19.5 Å². The largest absolute Gasteiger partial charge is 0.480 e. The van der Waals surface area contributed by atoms with Crippen LogP contribution < -0.4 is 5.32 Å². The van der Waals surface area contributed by atoms with Crippen LogP contribution in [0.15, 0.2) is 24.3 Å². The van der Waals surface area contributed by atoms with Crippen molar-refractivity contribution >= 4 is 17.8 Å². The highest BCUT2D eigenvalue weighted by atomic mass is 16.4. The van der Waals surface area contributed by atoms with Gasteiger partial charge in [0.15, 0.2) is 0 Å². The molecule has 2 aliphatic heterocycles. The fourth-order valence-corrected chi connectivity index (χ4v) is 4.80. The van der Waals surface area contributed by atoms with E-state index in [0.29, 0.717) is 12.8 Å². The Morgan fingerprint density at radius 3 is 2.46 bits per heavy atom. The molecular formula is C22H30N2O4. The summed E-state index contributed by atoms with van der Waals surface area (Å²) < 4.78 is 0. The van der Waals surface area contributed by atoms with E-state index in [4.69, 9.17) is 0 Å². The molecule has 0 bridgehead atoms. The summed E-state index contributed by atoms with van der Waals surface area (Å²) in [6, 6.07) is 7.22. The van der Waals surface area contributed by atoms with E-state index in [1.807, 2.05) is 58.9 Å². The molecule has 3 rings (SSSR count). The molecule has 0 radical (unpaired) electrons. The van der Waals surface area contributed by atoms with Crippen LogP contribution in [0.5, 0.6) is 0 Å². The summed E-state index contributed by atoms with van der Waals surface area (Å²) in [5, 5.41) is 13.5. The highest BCUT2D eigenvalue weighted by molar-refractivity contribution is 6.10. The van der Waals surface area contributed by atoms with Crippen molar-refractivity contribution in [2.45, 2.75) is 71.0 Å². The SMILES string of the molecule is CCCCC1(C(=O)O)NC(c2cccc(C)c2)C2C(=O)N(C(C)(C)C)C(=O)C21. The minimum absolute atomic E-state index is 0.277. The number of carboxylic acid groups (broad SMARTS) is 1. The van der Waals surface area contributed by atoms with Gasteiger partial charge in [0.2, 0.25) is 11.8 Å². The topological polar surface area (TPSA) is 86.7 Å². The molecule has 28 heavy (non-hydrogen) atoms. The van der Waals surface area contributed by atoms with Gasteiger partial charge < -0.3 is 5.11 Å². The first-order valence-electron chi connectivity index (χ1n) is 10.00. The molecule has 2 heterocycles. The maximum Gasteiger partial charge on any atom is 0.324 e. The minimum atomic E-state index is -1.43. The number of nitrogens with zero attached hydrogens (tertiary/aromatic N) is 1. The molecule has 0 spiro atoms. The van der Waals surface area contributed by atoms with E-state index in [1.165, 1.54) is 4.90 Å². The molecular weight excluding hydrogens is 356 g/mol. The highest BCUT2D eigenvalue weighted by Gasteiger charge is 2.69. The number of carboxylic acids is 1. The van der Waals surface area contributed by atoms with Crippen molar-refractivity contribution in [1.82, 2.24) is 10.2 Å². The van der Waals surface area contributed by atoms with Gasteiger partial charge in [0.1, 0.15) is 5.54 Å². The summed E-state index contributed by atoms with van der Waals surface area (Å²) in [5.41, 5.74) is -0.236. The zero-order valence-corrected chi connectivity index (χ0v) is 17.3. The van der Waals surface area contributed by atoms with Gasteiger partial charge in [0, 0.05) is 11.6 Å². The predicted octanol–water partition coefficient (Wildman–Crippen LogP) is 3.05. The third-order valence-corrected chi connectivity index (χ3v) is 6.03. The average Bonchev–Trinajstić information content (AvgIpc) is 3.08. The second kappa shape index (κ2) is 6.99. The lowest BCUT2D eigenvalue weighted by Crippen LogP contribution is -2.57. The Bertz CT molecular complexity index is 813. The molecule has 152 valence electrons. The number of carbonyl (C=O) groups excluding carboxylic acids is 2. The van der Waals surface area contributed by atoms with Gasteiger partial charge in [-0.15, -0.1) is 0 Å². The Morgan fingerprint density at radius 1 is 1.25 bits per heavy atom. The van der Waals surface area contributed by atoms with E-state index >= 15 is 0 Å². The Morgan fingerprint density at radius 2 is 1.93 bits per heavy atom. The van der Waals surface area contributed by atoms with E-state index in [1.54, 1.807) is 0 Å². The number of nitrogens with one attached hydrogen (secondary N) is 1. The number of hydrogen-bond acceptors (Lipinski definition) is 4. The van der Waals surface area contributed by atoms with Crippen LogP contribution in [0.3, 0.4) is 0 Å². The standard InChI is InChI=1S/C22H30N2O4/c1-6-7-11-22(20(27)28)16-15(18(25)24(19(16)26)21(3,4)5)17(23-22)14-10-8-9-13(2)12-14/h8-10,12,15-17,23H,6-7,11H2,1-5H3,(H,27,28). The number of aryl methyl sites for hydroxylation is 1. The lowest BCUT2D eigenvalue weighted by molar-refractivity contribution is -0.154. The van der Waals surface area contributed by atoms with Crippen molar-refractivity contribution in [2.24, 2.45) is 11.8 Å². The van der Waals surface area contributed by atoms with Crippen molar-refractivity contribution < 1.29 is 19.5 Å². The van der Waals surface area contributed by atoms with Crippen LogP contribution in [-0.4, -0.2) is 38.9 Å². The van der Waals surface area contributed by atoms with Crippen LogP contribution in [0.1, 0.15) is 64.1 Å². The maximum atomic E-state index is 13.4. The summed E-state index contributed by atoms with van der Waals surface area (Å²) in [4.78, 5) is 40.5. The molecule has 0 saturated carbocycles. The number of amides is 2. The smallest absolute Gasteiger partial charge is 0.324 e. The molecule has 6 nitrogen and oxygen atoms in total. The third-order valence-electron chi connectivity index (χ3n) is 6.03. The number of fused-ring (bicyclic) bond motifs is 1. The number of hydrogen-bond donors (Lipinski definition) is 2. The molecule has 0 aliphatic carbocycles. The Hall–Kier alpha value is -2.21. The van der Waals surface area contributed by atoms with E-state index in [-0.39, 0.29) is 11.8 Å². The van der Waals surface area contributed by atoms with Crippen molar-refractivity contribution in [1.29, 1.82) is 0 Å². The van der Waals surface area contributed by atoms with Crippen molar-refractivity contribution in [3.63, 3.8) is 0 Å². The fraction of sp³-hybridized carbons (Fsp3) is 0.591. The Labute approximate surface area is 166 Å². The van der Waals surface area contributed by atoms with E-state index in [2.05, 4.69) is 5.32 Å². The lowest BCUT2D eigenvalue weighted by Gasteiger charge is -2.35. The van der Waals surface area contributed by atoms with Gasteiger partial charge in [-0.25, -0.2) is 0 Å². The maximum absolute atomic E-state index is 13.4. The van der Waals surface area contributed by atoms with Crippen LogP contribution in [0, 0.1) is 18.8 Å². The Kier molecular flexibility index (Phi) is 5.13. The summed E-state index contributed by atoms with van der Waals surface area (Å²) >= 11 is 0. The molecule has 1 aromatic carbocycles. The zero-order valence-electron chi connectivity index (χ0n) is 17.3. The van der Waals surface area contributed by atoms with E-state index < -0.39 is 34.9 Å². The number of carbonyl (C=O) groups is 3. The van der Waals surface area contributed by atoms with Crippen molar-refractivity contribution in [3.8, 4) is 0 Å². The van der Waals surface area contributed by atoms with Gasteiger partial charge >= 0.3 is 5.97 Å². The Balaban J connectivity index is 2.16. The van der Waals surface area contributed by atoms with Crippen LogP contribution in [0.25, 0.3) is 0 Å². The van der Waals surface area contributed by atoms with Crippen LogP contribution in [-0.2, 0) is 14.4 Å². The number of aliphatic carboxylic acids is 1. The molecule has 2 amide bonds. The van der Waals surface area contributed by atoms with Gasteiger partial charge in [-0.3, -0.25) is 24.6 Å². The number of likely N-dealkylation sites (tertiary alicyclic amines) is 1. The van der Waals surface area contributed by atoms with Gasteiger partial charge in [0.05, 0.1) is 11.8 Å². The molecule has 2 aliphatic rings. The summed E-state index contributed by atoms with van der Waals surface area (Å²) in [6.45, 7) is 9.39. The fourth-order valence-electron chi connectivity index (χ4n) is 4.80. The molecule has 1 aromatic rings. The van der Waals surface area contributed by atoms with Gasteiger partial charge in [-0.05, 0) is 39.7 Å². The average molecular weight is 386 g/mol. The normalized spacial score (nSPS) is 30.0. The van der Waals surface area contributed by atoms with Gasteiger partial charge in [-0.2, -0.15) is 0 Å². The molecule has 0 aromatic heterocycles. The quantitative estimate of drug-likeness (QED) is 0.760. The van der Waals surface area contributed by atoms with Gasteiger partial charge in [-0.1, -0.05) is 49.6 Å². The molecule has 2 saturated heterocycles. The predicted molar refractivity (Wildman–Crippen MR) is 106 cm³/mol. The first-order chi connectivity index (χ1) is 13.0. The molecule has 4 atom stereocenters. The van der Waals surface area contributed by atoms with Crippen LogP contribution in [0.4, 0.5) is 0 Å². The summed E-state index contributed by atoms with van der Waals surface area (Å²) in [7, 11) is 0. The second-order valence-corrected chi connectivity index (χ2v) is 9.10. The number of benzene rings is 1. The third kappa shape index (κ3) is 3.04. The number of imide groups is 1. The van der Waals surface area contributed by atoms with Crippen LogP contribution in [0.2, 0.25) is 0 Å². The highest BCUT2D eigenvalue weighted by Crippen LogP contribution is 2.51. The first-order valence-corrected chi connectivity index (χ1v) is 10.00.